The van der Waals surface area contributed by atoms with Gasteiger partial charge < -0.3 is 20.9 Å². The maximum atomic E-state index is 13.5. The largest absolute Gasteiger partial charge is 0.400 e. The lowest BCUT2D eigenvalue weighted by atomic mass is 10.2. The van der Waals surface area contributed by atoms with Crippen LogP contribution in [0.25, 0.3) is 0 Å². The van der Waals surface area contributed by atoms with Crippen LogP contribution < -0.4 is 31.7 Å². The Balaban J connectivity index is 1.48. The number of benzene rings is 2. The molecule has 1 aromatic heterocycles. The minimum absolute atomic E-state index is 0.175. The fourth-order valence-corrected chi connectivity index (χ4v) is 4.29. The second-order valence-corrected chi connectivity index (χ2v) is 9.27. The number of aromatic nitrogens is 2. The van der Waals surface area contributed by atoms with Crippen LogP contribution in [-0.2, 0) is 6.54 Å². The van der Waals surface area contributed by atoms with Crippen molar-refractivity contribution in [3.63, 3.8) is 0 Å². The van der Waals surface area contributed by atoms with Gasteiger partial charge >= 0.3 is 0 Å². The molecule has 10 nitrogen and oxygen atoms in total. The van der Waals surface area contributed by atoms with Gasteiger partial charge in [0.2, 0.25) is 5.95 Å². The van der Waals surface area contributed by atoms with Crippen LogP contribution in [0.2, 0.25) is 0 Å². The molecule has 1 aliphatic rings. The third-order valence-corrected chi connectivity index (χ3v) is 6.16. The zero-order valence-electron chi connectivity index (χ0n) is 21.9. The zero-order chi connectivity index (χ0) is 27.2. The van der Waals surface area contributed by atoms with Gasteiger partial charge in [0.1, 0.15) is 17.2 Å². The monoisotopic (exact) mass is 519 g/mol. The molecule has 38 heavy (non-hydrogen) atoms. The molecule has 5 N–H and O–H groups in total. The van der Waals surface area contributed by atoms with Gasteiger partial charge in [0.25, 0.3) is 5.91 Å². The molecule has 0 spiro atoms. The highest BCUT2D eigenvalue weighted by molar-refractivity contribution is 6.09. The Morgan fingerprint density at radius 3 is 2.71 bits per heavy atom. The molecule has 0 unspecified atom stereocenters. The number of nitrogens with one attached hydrogen (secondary N) is 1. The number of likely N-dealkylation sites (N-methyl/N-ethyl adjacent to an activating group) is 2. The Morgan fingerprint density at radius 1 is 1.21 bits per heavy atom. The number of amides is 1. The van der Waals surface area contributed by atoms with Crippen LogP contribution in [0.15, 0.2) is 66.6 Å². The van der Waals surface area contributed by atoms with Crippen LogP contribution >= 0.6 is 0 Å². The molecule has 0 radical (unpaired) electrons. The Kier molecular flexibility index (Phi) is 8.39. The van der Waals surface area contributed by atoms with Crippen molar-refractivity contribution < 1.29 is 9.18 Å². The first-order valence-corrected chi connectivity index (χ1v) is 12.4. The summed E-state index contributed by atoms with van der Waals surface area (Å²) >= 11 is 0. The van der Waals surface area contributed by atoms with Gasteiger partial charge in [0.15, 0.2) is 0 Å². The van der Waals surface area contributed by atoms with Gasteiger partial charge in [-0.05, 0) is 49.9 Å². The van der Waals surface area contributed by atoms with Crippen molar-refractivity contribution in [1.82, 2.24) is 14.9 Å². The Labute approximate surface area is 222 Å². The molecule has 11 heteroatoms. The number of nitrogens with two attached hydrogens (primary N) is 2. The average molecular weight is 520 g/mol. The number of fused-ring (bicyclic) bond motifs is 1. The maximum Gasteiger partial charge on any atom is 0.263 e. The summed E-state index contributed by atoms with van der Waals surface area (Å²) in [6.07, 6.45) is 3.23. The summed E-state index contributed by atoms with van der Waals surface area (Å²) in [6, 6.07) is 13.8. The van der Waals surface area contributed by atoms with Crippen molar-refractivity contribution in [2.45, 2.75) is 13.5 Å². The smallest absolute Gasteiger partial charge is 0.263 e. The fourth-order valence-electron chi connectivity index (χ4n) is 4.29. The van der Waals surface area contributed by atoms with Gasteiger partial charge in [-0.3, -0.25) is 14.7 Å². The van der Waals surface area contributed by atoms with E-state index in [-0.39, 0.29) is 11.7 Å². The normalized spacial score (nSPS) is 13.9. The molecule has 0 bridgehead atoms. The Morgan fingerprint density at radius 2 is 1.97 bits per heavy atom. The van der Waals surface area contributed by atoms with Crippen molar-refractivity contribution in [3.05, 3.63) is 83.6 Å². The van der Waals surface area contributed by atoms with E-state index in [1.165, 1.54) is 17.1 Å². The van der Waals surface area contributed by atoms with Crippen molar-refractivity contribution in [2.24, 2.45) is 11.6 Å². The lowest BCUT2D eigenvalue weighted by Gasteiger charge is -2.23. The van der Waals surface area contributed by atoms with E-state index >= 15 is 0 Å². The number of hydrogen-bond donors (Lipinski definition) is 3. The second-order valence-electron chi connectivity index (χ2n) is 9.27. The number of hydrogen-bond acceptors (Lipinski definition) is 9. The number of anilines is 4. The van der Waals surface area contributed by atoms with Gasteiger partial charge in [0, 0.05) is 63.6 Å². The van der Waals surface area contributed by atoms with Crippen LogP contribution in [0, 0.1) is 5.82 Å². The Bertz CT molecular complexity index is 1300. The molecule has 0 saturated carbocycles. The van der Waals surface area contributed by atoms with Crippen LogP contribution in [0.3, 0.4) is 0 Å². The molecule has 0 aliphatic carbocycles. The molecule has 0 saturated heterocycles. The number of nitrogens with zero attached hydrogens (tertiary/aromatic N) is 6. The van der Waals surface area contributed by atoms with Crippen LogP contribution in [0.4, 0.5) is 27.5 Å². The van der Waals surface area contributed by atoms with Gasteiger partial charge in [0.05, 0.1) is 5.69 Å². The van der Waals surface area contributed by atoms with E-state index in [1.807, 2.05) is 55.1 Å². The molecule has 3 aromatic rings. The second kappa shape index (κ2) is 11.9. The highest BCUT2D eigenvalue weighted by atomic mass is 19.1. The average Bonchev–Trinajstić information content (AvgIpc) is 3.01. The van der Waals surface area contributed by atoms with Gasteiger partial charge in [-0.1, -0.05) is 18.2 Å². The van der Waals surface area contributed by atoms with Crippen molar-refractivity contribution in [3.8, 4) is 0 Å². The summed E-state index contributed by atoms with van der Waals surface area (Å²) in [5.74, 6) is 6.98. The van der Waals surface area contributed by atoms with Gasteiger partial charge in [-0.15, -0.1) is 0 Å². The summed E-state index contributed by atoms with van der Waals surface area (Å²) in [5.41, 5.74) is 9.63. The van der Waals surface area contributed by atoms with Crippen molar-refractivity contribution >= 4 is 29.0 Å². The molecular formula is C27H34FN9O. The summed E-state index contributed by atoms with van der Waals surface area (Å²) in [6.45, 7) is 4.81. The van der Waals surface area contributed by atoms with Gasteiger partial charge in [-0.25, -0.2) is 15.2 Å². The predicted molar refractivity (Wildman–Crippen MR) is 149 cm³/mol. The summed E-state index contributed by atoms with van der Waals surface area (Å²) in [7, 11) is 3.84. The molecule has 200 valence electrons. The predicted octanol–water partition coefficient (Wildman–Crippen LogP) is 2.76. The molecule has 2 aromatic carbocycles. The maximum absolute atomic E-state index is 13.5. The minimum atomic E-state index is -0.262. The first-order chi connectivity index (χ1) is 18.2. The number of carbonyl (C=O) groups excluding carboxylic acids is 1. The lowest BCUT2D eigenvalue weighted by Crippen LogP contribution is -2.34. The highest BCUT2D eigenvalue weighted by Gasteiger charge is 2.28. The molecule has 2 heterocycles. The zero-order valence-corrected chi connectivity index (χ0v) is 21.9. The van der Waals surface area contributed by atoms with E-state index in [0.717, 1.165) is 5.56 Å². The summed E-state index contributed by atoms with van der Waals surface area (Å²) < 4.78 is 13.2. The fraction of sp³-hybridized carbons (Fsp3) is 0.296. The molecule has 1 aliphatic heterocycles. The van der Waals surface area contributed by atoms with Gasteiger partial charge in [-0.2, -0.15) is 4.98 Å². The molecule has 1 amide bonds. The highest BCUT2D eigenvalue weighted by Crippen LogP contribution is 2.28. The molecule has 0 atom stereocenters. The standard InChI is InChI=1S/C27H34FN9O/c1-4-31-27-32-15-24-25(33-27)35(3)12-13-36(26(24)38)22-6-5-7-23(14-22)37(30)18-21(29)17-34(2)16-19-8-10-20(28)11-9-19/h5-11,14-15,18H,4,12-13,16-17,29-30H2,1-3H3,(H,31,32,33)/b21-18-. The lowest BCUT2D eigenvalue weighted by molar-refractivity contribution is 0.0989. The number of halogens is 1. The molecular weight excluding hydrogens is 485 g/mol. The quantitative estimate of drug-likeness (QED) is 0.290. The third-order valence-electron chi connectivity index (χ3n) is 6.16. The number of hydrazine groups is 1. The first kappa shape index (κ1) is 26.8. The van der Waals surface area contributed by atoms with E-state index in [4.69, 9.17) is 11.6 Å². The minimum Gasteiger partial charge on any atom is -0.400 e. The number of carbonyl (C=O) groups is 1. The third kappa shape index (κ3) is 6.36. The van der Waals surface area contributed by atoms with Crippen LogP contribution in [-0.4, -0.2) is 61.0 Å². The van der Waals surface area contributed by atoms with Crippen LogP contribution in [0.5, 0.6) is 0 Å². The topological polar surface area (TPSA) is 120 Å². The molecule has 4 rings (SSSR count). The summed E-state index contributed by atoms with van der Waals surface area (Å²) in [5, 5.41) is 4.54. The van der Waals surface area contributed by atoms with E-state index in [2.05, 4.69) is 15.3 Å². The summed E-state index contributed by atoms with van der Waals surface area (Å²) in [4.78, 5) is 28.0. The Hall–Kier alpha value is -4.22. The molecule has 0 fully saturated rings. The van der Waals surface area contributed by atoms with E-state index in [9.17, 15) is 9.18 Å². The van der Waals surface area contributed by atoms with E-state index < -0.39 is 0 Å². The van der Waals surface area contributed by atoms with Crippen molar-refractivity contribution in [2.75, 3.05) is 60.4 Å². The van der Waals surface area contributed by atoms with E-state index in [1.54, 1.807) is 29.4 Å². The van der Waals surface area contributed by atoms with Crippen LogP contribution in [0.1, 0.15) is 22.8 Å². The SMILES string of the molecule is CCNc1ncc2c(n1)N(C)CCN(c1cccc(N(N)/C=C(\N)CN(C)Cc3ccc(F)cc3)c1)C2=O. The number of rotatable bonds is 9. The van der Waals surface area contributed by atoms with Crippen molar-refractivity contribution in [1.29, 1.82) is 0 Å². The first-order valence-electron chi connectivity index (χ1n) is 12.4. The van der Waals surface area contributed by atoms with E-state index in [0.29, 0.717) is 67.1 Å².